The lowest BCUT2D eigenvalue weighted by Gasteiger charge is -2.47. The first-order valence-corrected chi connectivity index (χ1v) is 11.6. The van der Waals surface area contributed by atoms with Crippen molar-refractivity contribution in [3.63, 3.8) is 0 Å². The van der Waals surface area contributed by atoms with Gasteiger partial charge < -0.3 is 9.84 Å². The Morgan fingerprint density at radius 2 is 1.97 bits per heavy atom. The maximum absolute atomic E-state index is 13.8. The Morgan fingerprint density at radius 1 is 1.32 bits per heavy atom. The molecule has 170 valence electrons. The average Bonchev–Trinajstić information content (AvgIpc) is 3.05. The third-order valence-electron chi connectivity index (χ3n) is 7.87. The summed E-state index contributed by atoms with van der Waals surface area (Å²) in [5.74, 6) is -0.0164. The zero-order valence-corrected chi connectivity index (χ0v) is 20.2. The lowest BCUT2D eigenvalue weighted by Crippen LogP contribution is -2.48. The molecule has 4 heteroatoms. The number of Topliss-reactive ketones (excluding diaryl/α,β-unsaturated/α-hetero) is 2. The molecule has 0 aromatic carbocycles. The van der Waals surface area contributed by atoms with E-state index in [2.05, 4.69) is 20.4 Å². The maximum atomic E-state index is 13.8. The zero-order valence-electron chi connectivity index (χ0n) is 20.2. The zero-order chi connectivity index (χ0) is 23.3. The van der Waals surface area contributed by atoms with Crippen LogP contribution in [0.1, 0.15) is 80.6 Å². The molecule has 1 saturated carbocycles. The van der Waals surface area contributed by atoms with Gasteiger partial charge in [-0.3, -0.25) is 9.59 Å². The molecule has 1 N–H and O–H groups in total. The third-order valence-corrected chi connectivity index (χ3v) is 7.87. The molecule has 3 aliphatic rings. The summed E-state index contributed by atoms with van der Waals surface area (Å²) in [7, 11) is 0. The summed E-state index contributed by atoms with van der Waals surface area (Å²) in [5.41, 5.74) is 1.45. The molecule has 5 atom stereocenters. The van der Waals surface area contributed by atoms with Crippen molar-refractivity contribution in [3.8, 4) is 0 Å². The molecule has 3 rings (SSSR count). The number of carbonyl (C=O) groups excluding carboxylic acids is 2. The fourth-order valence-electron chi connectivity index (χ4n) is 5.48. The topological polar surface area (TPSA) is 63.6 Å². The van der Waals surface area contributed by atoms with Gasteiger partial charge in [0.05, 0.1) is 5.41 Å². The molecule has 1 aliphatic heterocycles. The summed E-state index contributed by atoms with van der Waals surface area (Å²) in [5, 5.41) is 11.3. The first kappa shape index (κ1) is 23.6. The van der Waals surface area contributed by atoms with E-state index in [-0.39, 0.29) is 34.7 Å². The fourth-order valence-corrected chi connectivity index (χ4v) is 5.48. The molecule has 0 amide bonds. The highest BCUT2D eigenvalue weighted by atomic mass is 16.5. The molecule has 2 aliphatic carbocycles. The molecule has 0 aromatic heterocycles. The quantitative estimate of drug-likeness (QED) is 0.394. The molecule has 3 unspecified atom stereocenters. The van der Waals surface area contributed by atoms with Gasteiger partial charge >= 0.3 is 0 Å². The van der Waals surface area contributed by atoms with Gasteiger partial charge in [-0.05, 0) is 72.6 Å². The molecular formula is C27H38O4. The first-order chi connectivity index (χ1) is 14.4. The number of allylic oxidation sites excluding steroid dienone is 6. The number of hydrogen-bond acceptors (Lipinski definition) is 4. The predicted octanol–water partition coefficient (Wildman–Crippen LogP) is 6.39. The van der Waals surface area contributed by atoms with E-state index in [1.807, 2.05) is 40.7 Å². The van der Waals surface area contributed by atoms with Crippen LogP contribution in [0.15, 0.2) is 46.5 Å². The highest BCUT2D eigenvalue weighted by Crippen LogP contribution is 2.58. The number of ketones is 2. The van der Waals surface area contributed by atoms with Crippen LogP contribution in [0.2, 0.25) is 0 Å². The van der Waals surface area contributed by atoms with E-state index in [4.69, 9.17) is 4.74 Å². The minimum Gasteiger partial charge on any atom is -0.507 e. The van der Waals surface area contributed by atoms with Crippen LogP contribution in [0.25, 0.3) is 0 Å². The van der Waals surface area contributed by atoms with Crippen LogP contribution in [0.3, 0.4) is 0 Å². The fraction of sp³-hybridized carbons (Fsp3) is 0.630. The van der Waals surface area contributed by atoms with E-state index in [0.29, 0.717) is 36.5 Å². The second-order valence-electron chi connectivity index (χ2n) is 10.6. The Hall–Kier alpha value is -2.10. The molecule has 31 heavy (non-hydrogen) atoms. The highest BCUT2D eigenvalue weighted by Gasteiger charge is 2.57. The molecular weight excluding hydrogens is 388 g/mol. The molecule has 0 spiro atoms. The van der Waals surface area contributed by atoms with Gasteiger partial charge in [-0.1, -0.05) is 37.6 Å². The molecule has 0 bridgehead atoms. The van der Waals surface area contributed by atoms with Crippen LogP contribution in [-0.4, -0.2) is 22.3 Å². The lowest BCUT2D eigenvalue weighted by molar-refractivity contribution is -0.133. The van der Waals surface area contributed by atoms with Gasteiger partial charge in [-0.2, -0.15) is 0 Å². The Balaban J connectivity index is 2.20. The van der Waals surface area contributed by atoms with E-state index >= 15 is 0 Å². The van der Waals surface area contributed by atoms with E-state index in [1.165, 1.54) is 0 Å². The largest absolute Gasteiger partial charge is 0.507 e. The number of ether oxygens (including phenoxy) is 1. The average molecular weight is 427 g/mol. The van der Waals surface area contributed by atoms with Crippen LogP contribution < -0.4 is 0 Å². The van der Waals surface area contributed by atoms with Gasteiger partial charge in [0.1, 0.15) is 22.7 Å². The van der Waals surface area contributed by atoms with Crippen LogP contribution in [0.4, 0.5) is 0 Å². The summed E-state index contributed by atoms with van der Waals surface area (Å²) in [6.45, 7) is 18.0. The Labute approximate surface area is 187 Å². The van der Waals surface area contributed by atoms with E-state index in [0.717, 1.165) is 24.0 Å². The standard InChI is InChI=1S/C27H38O4/c1-9-17(6)22(28)21-23(29)19-14-20-18(16(4)5)11-13-27(20,8)31-25(19)26(7,24(21)30)12-10-15(2)3/h10,17-18,20,29H,4,9,11-14H2,1-3,5-8H3/t17?,18-,20?,26?,27-/m1/s1. The number of rotatable bonds is 6. The number of fused-ring (bicyclic) bond motifs is 1. The molecule has 0 saturated heterocycles. The minimum atomic E-state index is -0.993. The summed E-state index contributed by atoms with van der Waals surface area (Å²) in [6, 6.07) is 0. The maximum Gasteiger partial charge on any atom is 0.183 e. The van der Waals surface area contributed by atoms with E-state index < -0.39 is 11.0 Å². The lowest BCUT2D eigenvalue weighted by atomic mass is 9.65. The smallest absolute Gasteiger partial charge is 0.183 e. The van der Waals surface area contributed by atoms with Crippen molar-refractivity contribution in [3.05, 3.63) is 46.5 Å². The van der Waals surface area contributed by atoms with Crippen molar-refractivity contribution >= 4 is 11.6 Å². The molecule has 1 heterocycles. The van der Waals surface area contributed by atoms with Crippen LogP contribution in [0, 0.1) is 23.2 Å². The van der Waals surface area contributed by atoms with Gasteiger partial charge in [0.25, 0.3) is 0 Å². The Bertz CT molecular complexity index is 914. The van der Waals surface area contributed by atoms with Crippen molar-refractivity contribution in [1.29, 1.82) is 0 Å². The normalized spacial score (nSPS) is 33.5. The third kappa shape index (κ3) is 3.72. The van der Waals surface area contributed by atoms with E-state index in [1.54, 1.807) is 0 Å². The summed E-state index contributed by atoms with van der Waals surface area (Å²) in [6.07, 6.45) is 5.57. The van der Waals surface area contributed by atoms with Crippen molar-refractivity contribution in [2.24, 2.45) is 23.2 Å². The van der Waals surface area contributed by atoms with Gasteiger partial charge in [0.15, 0.2) is 11.6 Å². The number of hydrogen-bond donors (Lipinski definition) is 1. The Kier molecular flexibility index (Phi) is 6.16. The van der Waals surface area contributed by atoms with Crippen molar-refractivity contribution in [1.82, 2.24) is 0 Å². The second kappa shape index (κ2) is 8.11. The van der Waals surface area contributed by atoms with Gasteiger partial charge in [0, 0.05) is 17.4 Å². The van der Waals surface area contributed by atoms with Gasteiger partial charge in [0.2, 0.25) is 0 Å². The number of aliphatic hydroxyl groups excluding tert-OH is 1. The van der Waals surface area contributed by atoms with Crippen LogP contribution in [0.5, 0.6) is 0 Å². The highest BCUT2D eigenvalue weighted by molar-refractivity contribution is 6.24. The Morgan fingerprint density at radius 3 is 2.52 bits per heavy atom. The van der Waals surface area contributed by atoms with Gasteiger partial charge in [-0.15, -0.1) is 0 Å². The molecule has 1 fully saturated rings. The summed E-state index contributed by atoms with van der Waals surface area (Å²) >= 11 is 0. The number of aliphatic hydroxyl groups is 1. The van der Waals surface area contributed by atoms with E-state index in [9.17, 15) is 14.7 Å². The monoisotopic (exact) mass is 426 g/mol. The summed E-state index contributed by atoms with van der Waals surface area (Å²) in [4.78, 5) is 26.9. The summed E-state index contributed by atoms with van der Waals surface area (Å²) < 4.78 is 6.67. The SMILES string of the molecule is C=C(C)[C@H]1CC[C@@]2(C)OC3=C(CC12)C(O)=C(C(=O)C(C)CC)C(=O)C3(C)CC=C(C)C. The van der Waals surface area contributed by atoms with Crippen molar-refractivity contribution in [2.45, 2.75) is 86.2 Å². The predicted molar refractivity (Wildman–Crippen MR) is 123 cm³/mol. The van der Waals surface area contributed by atoms with Crippen LogP contribution >= 0.6 is 0 Å². The van der Waals surface area contributed by atoms with Crippen LogP contribution in [-0.2, 0) is 14.3 Å². The number of carbonyl (C=O) groups is 2. The second-order valence-corrected chi connectivity index (χ2v) is 10.6. The van der Waals surface area contributed by atoms with Gasteiger partial charge in [-0.25, -0.2) is 0 Å². The molecule has 0 aromatic rings. The first-order valence-electron chi connectivity index (χ1n) is 11.6. The molecule has 4 nitrogen and oxygen atoms in total. The van der Waals surface area contributed by atoms with Crippen molar-refractivity contribution in [2.75, 3.05) is 0 Å². The van der Waals surface area contributed by atoms with Crippen molar-refractivity contribution < 1.29 is 19.4 Å². The molecule has 0 radical (unpaired) electrons. The minimum absolute atomic E-state index is 0.0326.